The van der Waals surface area contributed by atoms with Crippen LogP contribution in [0.1, 0.15) is 34.0 Å². The van der Waals surface area contributed by atoms with Gasteiger partial charge >= 0.3 is 0 Å². The predicted octanol–water partition coefficient (Wildman–Crippen LogP) is 3.44. The number of ketones is 1. The second kappa shape index (κ2) is 8.44. The third-order valence-corrected chi connectivity index (χ3v) is 5.60. The van der Waals surface area contributed by atoms with Gasteiger partial charge in [-0.1, -0.05) is 6.07 Å². The third-order valence-electron chi connectivity index (χ3n) is 5.60. The highest BCUT2D eigenvalue weighted by atomic mass is 19.1. The molecule has 3 aromatic rings. The maximum absolute atomic E-state index is 13.4. The number of hydrogen-bond donors (Lipinski definition) is 0. The van der Waals surface area contributed by atoms with Crippen LogP contribution in [0.15, 0.2) is 42.7 Å². The van der Waals surface area contributed by atoms with Gasteiger partial charge in [0.05, 0.1) is 30.6 Å². The van der Waals surface area contributed by atoms with Crippen LogP contribution >= 0.6 is 0 Å². The number of carbonyl (C=O) groups is 1. The highest BCUT2D eigenvalue weighted by Crippen LogP contribution is 2.31. The molecule has 0 amide bonds. The number of fused-ring (bicyclic) bond motifs is 1. The summed E-state index contributed by atoms with van der Waals surface area (Å²) in [5.74, 6) is -0.319. The SMILES string of the molecule is N#CCN1CCC(c2ccc3c(c2)cc(C(=O)Cc2cncc(F)c2)n3CC#N)C1. The summed E-state index contributed by atoms with van der Waals surface area (Å²) < 4.78 is 15.1. The first kappa shape index (κ1) is 19.8. The van der Waals surface area contributed by atoms with Crippen molar-refractivity contribution in [3.8, 4) is 12.1 Å². The van der Waals surface area contributed by atoms with Gasteiger partial charge in [0.1, 0.15) is 12.4 Å². The molecule has 150 valence electrons. The van der Waals surface area contributed by atoms with Gasteiger partial charge in [0.15, 0.2) is 5.78 Å². The predicted molar refractivity (Wildman–Crippen MR) is 109 cm³/mol. The fourth-order valence-corrected chi connectivity index (χ4v) is 4.19. The fourth-order valence-electron chi connectivity index (χ4n) is 4.19. The fraction of sp³-hybridized carbons (Fsp3) is 0.304. The third kappa shape index (κ3) is 3.94. The van der Waals surface area contributed by atoms with Gasteiger partial charge in [0, 0.05) is 30.1 Å². The maximum Gasteiger partial charge on any atom is 0.183 e. The lowest BCUT2D eigenvalue weighted by molar-refractivity contribution is 0.0985. The lowest BCUT2D eigenvalue weighted by Gasteiger charge is -2.12. The minimum atomic E-state index is -0.482. The molecule has 0 spiro atoms. The molecule has 1 fully saturated rings. The first-order valence-corrected chi connectivity index (χ1v) is 9.81. The molecule has 1 atom stereocenters. The van der Waals surface area contributed by atoms with Gasteiger partial charge < -0.3 is 4.57 Å². The van der Waals surface area contributed by atoms with E-state index in [-0.39, 0.29) is 18.7 Å². The van der Waals surface area contributed by atoms with Crippen molar-refractivity contribution in [2.24, 2.45) is 0 Å². The zero-order valence-corrected chi connectivity index (χ0v) is 16.4. The number of halogens is 1. The van der Waals surface area contributed by atoms with Crippen molar-refractivity contribution in [1.29, 1.82) is 10.5 Å². The Balaban J connectivity index is 1.65. The molecule has 1 unspecified atom stereocenters. The summed E-state index contributed by atoms with van der Waals surface area (Å²) >= 11 is 0. The number of nitrogens with zero attached hydrogens (tertiary/aromatic N) is 5. The van der Waals surface area contributed by atoms with Gasteiger partial charge in [-0.25, -0.2) is 4.39 Å². The van der Waals surface area contributed by atoms with Crippen LogP contribution in [0.4, 0.5) is 4.39 Å². The molecule has 0 saturated carbocycles. The minimum absolute atomic E-state index is 0.0190. The highest BCUT2D eigenvalue weighted by Gasteiger charge is 2.24. The Hall–Kier alpha value is -3.55. The number of pyridine rings is 1. The number of Topliss-reactive ketones (excluding diaryl/α,β-unsaturated/α-hetero) is 1. The van der Waals surface area contributed by atoms with Crippen LogP contribution in [-0.2, 0) is 13.0 Å². The Morgan fingerprint density at radius 1 is 1.17 bits per heavy atom. The number of aromatic nitrogens is 2. The van der Waals surface area contributed by atoms with E-state index in [1.54, 1.807) is 4.57 Å². The summed E-state index contributed by atoms with van der Waals surface area (Å²) in [5, 5.41) is 19.1. The van der Waals surface area contributed by atoms with Crippen molar-refractivity contribution in [2.75, 3.05) is 19.6 Å². The molecule has 0 N–H and O–H groups in total. The second-order valence-corrected chi connectivity index (χ2v) is 7.58. The van der Waals surface area contributed by atoms with E-state index in [2.05, 4.69) is 28.1 Å². The van der Waals surface area contributed by atoms with Crippen molar-refractivity contribution in [1.82, 2.24) is 14.5 Å². The van der Waals surface area contributed by atoms with Crippen LogP contribution in [0.3, 0.4) is 0 Å². The molecule has 1 aliphatic rings. The monoisotopic (exact) mass is 401 g/mol. The molecule has 30 heavy (non-hydrogen) atoms. The van der Waals surface area contributed by atoms with E-state index in [9.17, 15) is 14.4 Å². The van der Waals surface area contributed by atoms with Crippen molar-refractivity contribution in [3.05, 3.63) is 65.4 Å². The van der Waals surface area contributed by atoms with E-state index >= 15 is 0 Å². The lowest BCUT2D eigenvalue weighted by atomic mass is 9.97. The lowest BCUT2D eigenvalue weighted by Crippen LogP contribution is -2.20. The van der Waals surface area contributed by atoms with Crippen LogP contribution in [0.25, 0.3) is 10.9 Å². The average Bonchev–Trinajstić information content (AvgIpc) is 3.33. The van der Waals surface area contributed by atoms with Crippen LogP contribution < -0.4 is 0 Å². The normalized spacial score (nSPS) is 16.4. The molecular formula is C23H20FN5O. The van der Waals surface area contributed by atoms with E-state index in [4.69, 9.17) is 5.26 Å². The Morgan fingerprint density at radius 2 is 2.00 bits per heavy atom. The summed E-state index contributed by atoms with van der Waals surface area (Å²) in [7, 11) is 0. The summed E-state index contributed by atoms with van der Waals surface area (Å²) in [6.07, 6.45) is 3.59. The first-order valence-electron chi connectivity index (χ1n) is 9.81. The molecule has 2 aromatic heterocycles. The van der Waals surface area contributed by atoms with E-state index < -0.39 is 5.82 Å². The van der Waals surface area contributed by atoms with Gasteiger partial charge in [-0.3, -0.25) is 14.7 Å². The van der Waals surface area contributed by atoms with Crippen LogP contribution in [0.2, 0.25) is 0 Å². The van der Waals surface area contributed by atoms with Gasteiger partial charge in [0.25, 0.3) is 0 Å². The van der Waals surface area contributed by atoms with E-state index in [1.807, 2.05) is 18.2 Å². The molecule has 7 heteroatoms. The topological polar surface area (TPSA) is 85.7 Å². The van der Waals surface area contributed by atoms with E-state index in [0.717, 1.165) is 36.6 Å². The largest absolute Gasteiger partial charge is 0.324 e. The number of rotatable bonds is 6. The van der Waals surface area contributed by atoms with Gasteiger partial charge in [-0.2, -0.15) is 10.5 Å². The zero-order valence-electron chi connectivity index (χ0n) is 16.4. The quantitative estimate of drug-likeness (QED) is 0.467. The number of hydrogen-bond acceptors (Lipinski definition) is 5. The van der Waals surface area contributed by atoms with E-state index in [1.165, 1.54) is 17.8 Å². The Kier molecular flexibility index (Phi) is 5.56. The molecule has 1 saturated heterocycles. The molecule has 3 heterocycles. The number of carbonyl (C=O) groups excluding carboxylic acids is 1. The van der Waals surface area contributed by atoms with Crippen LogP contribution in [-0.4, -0.2) is 39.9 Å². The van der Waals surface area contributed by atoms with Crippen LogP contribution in [0.5, 0.6) is 0 Å². The summed E-state index contributed by atoms with van der Waals surface area (Å²) in [6.45, 7) is 2.24. The molecule has 6 nitrogen and oxygen atoms in total. The average molecular weight is 401 g/mol. The standard InChI is InChI=1S/C23H20FN5O/c24-20-9-16(13-27-14-20)10-23(30)22-12-19-11-17(1-2-21(19)29(22)8-5-26)18-3-6-28(15-18)7-4-25/h1-2,9,11-14,18H,3,6-8,10,15H2. The Morgan fingerprint density at radius 3 is 2.77 bits per heavy atom. The number of nitriles is 2. The first-order chi connectivity index (χ1) is 14.6. The number of likely N-dealkylation sites (tertiary alicyclic amines) is 1. The smallest absolute Gasteiger partial charge is 0.183 e. The van der Waals surface area contributed by atoms with Crippen molar-refractivity contribution in [3.63, 3.8) is 0 Å². The Labute approximate surface area is 173 Å². The molecule has 0 radical (unpaired) electrons. The van der Waals surface area contributed by atoms with Crippen molar-refractivity contribution in [2.45, 2.75) is 25.3 Å². The van der Waals surface area contributed by atoms with Crippen molar-refractivity contribution >= 4 is 16.7 Å². The van der Waals surface area contributed by atoms with Gasteiger partial charge in [0.2, 0.25) is 0 Å². The van der Waals surface area contributed by atoms with Gasteiger partial charge in [-0.15, -0.1) is 0 Å². The molecule has 1 aliphatic heterocycles. The highest BCUT2D eigenvalue weighted by molar-refractivity contribution is 6.01. The molecule has 1 aromatic carbocycles. The molecule has 4 rings (SSSR count). The molecule has 0 bridgehead atoms. The number of benzene rings is 1. The van der Waals surface area contributed by atoms with E-state index in [0.29, 0.717) is 23.7 Å². The molecule has 0 aliphatic carbocycles. The second-order valence-electron chi connectivity index (χ2n) is 7.58. The van der Waals surface area contributed by atoms with Crippen LogP contribution in [0, 0.1) is 28.5 Å². The van der Waals surface area contributed by atoms with Crippen molar-refractivity contribution < 1.29 is 9.18 Å². The Bertz CT molecular complexity index is 1190. The summed E-state index contributed by atoms with van der Waals surface area (Å²) in [6, 6.07) is 13.5. The van der Waals surface area contributed by atoms with Gasteiger partial charge in [-0.05, 0) is 54.3 Å². The zero-order chi connectivity index (χ0) is 21.1. The minimum Gasteiger partial charge on any atom is -0.324 e. The summed E-state index contributed by atoms with van der Waals surface area (Å²) in [4.78, 5) is 18.9. The summed E-state index contributed by atoms with van der Waals surface area (Å²) in [5.41, 5.74) is 2.93. The maximum atomic E-state index is 13.4. The molecular weight excluding hydrogens is 381 g/mol.